The Balaban J connectivity index is 1.35. The smallest absolute Gasteiger partial charge is 0.252 e. The Bertz CT molecular complexity index is 744. The first kappa shape index (κ1) is 16.2. The molecule has 1 saturated carbocycles. The van der Waals surface area contributed by atoms with Crippen molar-refractivity contribution in [2.75, 3.05) is 31.1 Å². The molecule has 3 N–H and O–H groups in total. The molecular weight excluding hydrogens is 346 g/mol. The zero-order valence-corrected chi connectivity index (χ0v) is 15.6. The molecule has 1 aliphatic carbocycles. The number of carbonyl (C=O) groups is 1. The fourth-order valence-electron chi connectivity index (χ4n) is 3.89. The molecule has 0 unspecified atom stereocenters. The minimum Gasteiger partial charge on any atom is -0.389 e. The lowest BCUT2D eigenvalue weighted by Gasteiger charge is -2.40. The van der Waals surface area contributed by atoms with Crippen molar-refractivity contribution in [1.29, 1.82) is 0 Å². The summed E-state index contributed by atoms with van der Waals surface area (Å²) in [5.41, 5.74) is 6.78. The monoisotopic (exact) mass is 377 g/mol. The molecule has 0 spiro atoms. The summed E-state index contributed by atoms with van der Waals surface area (Å²) < 4.78 is 21.0. The zero-order valence-electron chi connectivity index (χ0n) is 17.6. The Kier molecular flexibility index (Phi) is 4.62. The third kappa shape index (κ3) is 4.07. The van der Waals surface area contributed by atoms with Crippen LogP contribution in [0.25, 0.3) is 0 Å². The molecule has 2 saturated heterocycles. The number of aromatic nitrogens is 2. The van der Waals surface area contributed by atoms with E-state index in [9.17, 15) is 9.90 Å². The van der Waals surface area contributed by atoms with Gasteiger partial charge in [-0.3, -0.25) is 4.79 Å². The minimum absolute atomic E-state index is 0.280. The molecule has 4 atom stereocenters. The van der Waals surface area contributed by atoms with Crippen molar-refractivity contribution in [1.82, 2.24) is 14.9 Å². The van der Waals surface area contributed by atoms with Crippen molar-refractivity contribution in [2.24, 2.45) is 5.73 Å². The lowest BCUT2D eigenvalue weighted by Crippen LogP contribution is -2.55. The van der Waals surface area contributed by atoms with Crippen molar-refractivity contribution < 1.29 is 17.4 Å². The van der Waals surface area contributed by atoms with Crippen LogP contribution in [0.3, 0.4) is 0 Å². The second-order valence-corrected chi connectivity index (χ2v) is 7.79. The second-order valence-electron chi connectivity index (χ2n) is 7.79. The molecule has 0 radical (unpaired) electrons. The first-order valence-corrected chi connectivity index (χ1v) is 9.75. The van der Waals surface area contributed by atoms with Crippen LogP contribution in [0.1, 0.15) is 46.8 Å². The quantitative estimate of drug-likeness (QED) is 0.732. The van der Waals surface area contributed by atoms with Gasteiger partial charge in [-0.05, 0) is 37.7 Å². The number of hydrogen-bond acceptors (Lipinski definition) is 7. The molecular formula is C19H29N5O3. The average molecular weight is 377 g/mol. The average Bonchev–Trinajstić information content (AvgIpc) is 3.48. The molecule has 1 amide bonds. The number of carbonyl (C=O) groups excluding carboxylic acids is 1. The van der Waals surface area contributed by atoms with Gasteiger partial charge in [0.15, 0.2) is 0 Å². The number of nitrogens with two attached hydrogens (primary N) is 1. The largest absolute Gasteiger partial charge is 0.389 e. The maximum absolute atomic E-state index is 12.8. The summed E-state index contributed by atoms with van der Waals surface area (Å²) in [5, 5.41) is 10.7. The van der Waals surface area contributed by atoms with Gasteiger partial charge in [-0.2, -0.15) is 0 Å². The fourth-order valence-corrected chi connectivity index (χ4v) is 3.89. The molecule has 3 heterocycles. The molecule has 1 aromatic rings. The SMILES string of the molecule is [2H]C([2H])(O[C@@H]1CCN([C@@H]2CCN(c3ncc(C4CC4)cn3)C[C@H]2O)C1=O)[C@H](C)N. The molecule has 1 aromatic heterocycles. The highest BCUT2D eigenvalue weighted by Crippen LogP contribution is 2.39. The number of rotatable bonds is 6. The topological polar surface area (TPSA) is 105 Å². The van der Waals surface area contributed by atoms with E-state index in [1.165, 1.54) is 25.3 Å². The van der Waals surface area contributed by atoms with Crippen LogP contribution in [0.15, 0.2) is 12.4 Å². The third-order valence-corrected chi connectivity index (χ3v) is 5.52. The number of piperidine rings is 1. The molecule has 27 heavy (non-hydrogen) atoms. The van der Waals surface area contributed by atoms with Crippen LogP contribution >= 0.6 is 0 Å². The van der Waals surface area contributed by atoms with Crippen LogP contribution in [0.5, 0.6) is 0 Å². The van der Waals surface area contributed by atoms with Crippen LogP contribution in [-0.4, -0.2) is 76.4 Å². The van der Waals surface area contributed by atoms with Crippen LogP contribution in [-0.2, 0) is 9.53 Å². The lowest BCUT2D eigenvalue weighted by molar-refractivity contribution is -0.141. The fraction of sp³-hybridized carbons (Fsp3) is 0.737. The number of likely N-dealkylation sites (tertiary alicyclic amines) is 1. The van der Waals surface area contributed by atoms with Crippen LogP contribution in [0.4, 0.5) is 5.95 Å². The molecule has 2 aliphatic heterocycles. The van der Waals surface area contributed by atoms with Crippen molar-refractivity contribution in [3.63, 3.8) is 0 Å². The van der Waals surface area contributed by atoms with E-state index >= 15 is 0 Å². The van der Waals surface area contributed by atoms with E-state index in [0.717, 1.165) is 0 Å². The molecule has 4 rings (SSSR count). The van der Waals surface area contributed by atoms with Gasteiger partial charge in [-0.25, -0.2) is 9.97 Å². The number of ether oxygens (including phenoxy) is 1. The van der Waals surface area contributed by atoms with Gasteiger partial charge in [0, 0.05) is 44.5 Å². The number of aliphatic hydroxyl groups excluding tert-OH is 1. The summed E-state index contributed by atoms with van der Waals surface area (Å²) in [6.07, 6.45) is 5.54. The van der Waals surface area contributed by atoms with E-state index < -0.39 is 24.8 Å². The van der Waals surface area contributed by atoms with Gasteiger partial charge in [0.2, 0.25) is 5.95 Å². The predicted octanol–water partition coefficient (Wildman–Crippen LogP) is 0.258. The maximum atomic E-state index is 12.8. The van der Waals surface area contributed by atoms with Gasteiger partial charge in [-0.15, -0.1) is 0 Å². The highest BCUT2D eigenvalue weighted by atomic mass is 16.5. The first-order chi connectivity index (χ1) is 13.8. The van der Waals surface area contributed by atoms with Crippen LogP contribution in [0, 0.1) is 0 Å². The summed E-state index contributed by atoms with van der Waals surface area (Å²) >= 11 is 0. The van der Waals surface area contributed by atoms with E-state index in [1.807, 2.05) is 17.3 Å². The highest BCUT2D eigenvalue weighted by Gasteiger charge is 2.41. The number of anilines is 1. The van der Waals surface area contributed by atoms with Crippen molar-refractivity contribution in [3.05, 3.63) is 18.0 Å². The Morgan fingerprint density at radius 3 is 2.70 bits per heavy atom. The van der Waals surface area contributed by atoms with Crippen molar-refractivity contribution in [3.8, 4) is 0 Å². The Morgan fingerprint density at radius 2 is 2.07 bits per heavy atom. The van der Waals surface area contributed by atoms with E-state index in [-0.39, 0.29) is 11.9 Å². The number of hydrogen-bond donors (Lipinski definition) is 2. The normalized spacial score (nSPS) is 31.7. The Labute approximate surface area is 162 Å². The molecule has 0 aromatic carbocycles. The number of aliphatic hydroxyl groups is 1. The molecule has 8 heteroatoms. The van der Waals surface area contributed by atoms with E-state index in [0.29, 0.717) is 44.3 Å². The molecule has 3 fully saturated rings. The van der Waals surface area contributed by atoms with Crippen LogP contribution in [0.2, 0.25) is 0 Å². The summed E-state index contributed by atoms with van der Waals surface area (Å²) in [4.78, 5) is 25.2. The standard InChI is InChI=1S/C19H29N5O3/c1-12(20)11-27-17-5-7-24(18(17)26)15-4-6-23(10-16(15)25)19-21-8-14(9-22-19)13-2-3-13/h8-9,12-13,15-17,25H,2-7,10-11,20H2,1H3/t12-,15+,16+,17+/m0/s1/i11D2. The first-order valence-electron chi connectivity index (χ1n) is 10.7. The lowest BCUT2D eigenvalue weighted by atomic mass is 10.0. The Morgan fingerprint density at radius 1 is 1.33 bits per heavy atom. The van der Waals surface area contributed by atoms with E-state index in [2.05, 4.69) is 9.97 Å². The minimum atomic E-state index is -2.07. The predicted molar refractivity (Wildman–Crippen MR) is 100 cm³/mol. The number of amides is 1. The molecule has 0 bridgehead atoms. The Hall–Kier alpha value is -1.77. The van der Waals surface area contributed by atoms with E-state index in [1.54, 1.807) is 4.90 Å². The van der Waals surface area contributed by atoms with Crippen molar-refractivity contribution in [2.45, 2.75) is 62.8 Å². The number of β-amino-alcohol motifs (C(OH)–C–C–N with tert-alkyl or cyclic N) is 1. The number of nitrogens with zero attached hydrogens (tertiary/aromatic N) is 4. The van der Waals surface area contributed by atoms with Gasteiger partial charge in [0.25, 0.3) is 5.91 Å². The summed E-state index contributed by atoms with van der Waals surface area (Å²) in [6, 6.07) is -1.16. The summed E-state index contributed by atoms with van der Waals surface area (Å²) in [5.74, 6) is 0.924. The molecule has 3 aliphatic rings. The second kappa shape index (κ2) is 7.69. The summed E-state index contributed by atoms with van der Waals surface area (Å²) in [7, 11) is 0. The van der Waals surface area contributed by atoms with Gasteiger partial charge in [0.1, 0.15) is 6.10 Å². The zero-order chi connectivity index (χ0) is 20.8. The summed E-state index contributed by atoms with van der Waals surface area (Å²) in [6.45, 7) is 0.870. The van der Waals surface area contributed by atoms with Crippen LogP contribution < -0.4 is 10.6 Å². The van der Waals surface area contributed by atoms with Gasteiger partial charge >= 0.3 is 0 Å². The van der Waals surface area contributed by atoms with Gasteiger partial charge < -0.3 is 25.4 Å². The van der Waals surface area contributed by atoms with Gasteiger partial charge in [-0.1, -0.05) is 0 Å². The van der Waals surface area contributed by atoms with E-state index in [4.69, 9.17) is 13.2 Å². The molecule has 148 valence electrons. The highest BCUT2D eigenvalue weighted by molar-refractivity contribution is 5.83. The molecule has 8 nitrogen and oxygen atoms in total. The third-order valence-electron chi connectivity index (χ3n) is 5.52. The van der Waals surface area contributed by atoms with Crippen molar-refractivity contribution >= 4 is 11.9 Å². The maximum Gasteiger partial charge on any atom is 0.252 e. The van der Waals surface area contributed by atoms with Gasteiger partial charge in [0.05, 0.1) is 21.4 Å².